The van der Waals surface area contributed by atoms with Gasteiger partial charge in [0.2, 0.25) is 5.91 Å². The molecule has 3 N–H and O–H groups in total. The second-order valence-electron chi connectivity index (χ2n) is 6.03. The fraction of sp³-hybridized carbons (Fsp3) is 0.389. The molecule has 0 saturated heterocycles. The molecule has 0 bridgehead atoms. The standard InChI is InChI=1S/C18H24N4O3/c1-12(2)13-5-4-6-15(7-13)25-10-17(23)22-16(18(24)19-3)8-14-9-20-11-21-14/h4-7,9,11-12,16H,8,10H2,1-3H3,(H,19,24)(H,20,21)(H,22,23)/t16-/m0/s1. The molecule has 1 atom stereocenters. The number of benzene rings is 1. The molecule has 0 saturated carbocycles. The number of carbonyl (C=O) groups excluding carboxylic acids is 2. The van der Waals surface area contributed by atoms with Gasteiger partial charge in [-0.2, -0.15) is 0 Å². The highest BCUT2D eigenvalue weighted by molar-refractivity contribution is 5.88. The Labute approximate surface area is 147 Å². The van der Waals surface area contributed by atoms with E-state index in [-0.39, 0.29) is 18.4 Å². The molecule has 1 heterocycles. The average Bonchev–Trinajstić information content (AvgIpc) is 3.12. The molecule has 0 aliphatic carbocycles. The van der Waals surface area contributed by atoms with Crippen LogP contribution in [0.2, 0.25) is 0 Å². The Hall–Kier alpha value is -2.83. The van der Waals surface area contributed by atoms with Gasteiger partial charge < -0.3 is 20.4 Å². The normalized spacial score (nSPS) is 11.8. The first-order valence-electron chi connectivity index (χ1n) is 8.20. The van der Waals surface area contributed by atoms with Crippen LogP contribution in [0.15, 0.2) is 36.8 Å². The minimum atomic E-state index is -0.691. The largest absolute Gasteiger partial charge is 0.484 e. The van der Waals surface area contributed by atoms with Crippen LogP contribution in [0.3, 0.4) is 0 Å². The van der Waals surface area contributed by atoms with Gasteiger partial charge in [-0.1, -0.05) is 26.0 Å². The second-order valence-corrected chi connectivity index (χ2v) is 6.03. The topological polar surface area (TPSA) is 96.1 Å². The van der Waals surface area contributed by atoms with Gasteiger partial charge >= 0.3 is 0 Å². The lowest BCUT2D eigenvalue weighted by molar-refractivity contribution is -0.129. The first-order chi connectivity index (χ1) is 12.0. The van der Waals surface area contributed by atoms with Crippen LogP contribution in [0.25, 0.3) is 0 Å². The SMILES string of the molecule is CNC(=O)[C@H](Cc1cnc[nH]1)NC(=O)COc1cccc(C(C)C)c1. The lowest BCUT2D eigenvalue weighted by Crippen LogP contribution is -2.48. The summed E-state index contributed by atoms with van der Waals surface area (Å²) in [5, 5.41) is 5.24. The number of amides is 2. The van der Waals surface area contributed by atoms with Gasteiger partial charge in [-0.3, -0.25) is 9.59 Å². The number of hydrogen-bond donors (Lipinski definition) is 3. The number of carbonyl (C=O) groups is 2. The van der Waals surface area contributed by atoms with Crippen molar-refractivity contribution in [3.8, 4) is 5.75 Å². The fourth-order valence-electron chi connectivity index (χ4n) is 2.35. The fourth-order valence-corrected chi connectivity index (χ4v) is 2.35. The summed E-state index contributed by atoms with van der Waals surface area (Å²) in [4.78, 5) is 31.0. The van der Waals surface area contributed by atoms with Gasteiger partial charge in [0.1, 0.15) is 11.8 Å². The third-order valence-electron chi connectivity index (χ3n) is 3.77. The van der Waals surface area contributed by atoms with E-state index in [1.54, 1.807) is 12.3 Å². The summed E-state index contributed by atoms with van der Waals surface area (Å²) in [5.41, 5.74) is 1.90. The summed E-state index contributed by atoms with van der Waals surface area (Å²) >= 11 is 0. The first-order valence-corrected chi connectivity index (χ1v) is 8.20. The van der Waals surface area contributed by atoms with E-state index in [2.05, 4.69) is 34.4 Å². The Balaban J connectivity index is 1.92. The molecule has 0 unspecified atom stereocenters. The van der Waals surface area contributed by atoms with E-state index in [4.69, 9.17) is 4.74 Å². The van der Waals surface area contributed by atoms with E-state index >= 15 is 0 Å². The molecule has 2 amide bonds. The van der Waals surface area contributed by atoms with Gasteiger partial charge in [0.05, 0.1) is 6.33 Å². The van der Waals surface area contributed by atoms with Crippen LogP contribution in [0.1, 0.15) is 31.0 Å². The Bertz CT molecular complexity index is 698. The van der Waals surface area contributed by atoms with Crippen molar-refractivity contribution in [2.45, 2.75) is 32.2 Å². The molecule has 0 radical (unpaired) electrons. The second kappa shape index (κ2) is 8.86. The molecule has 0 spiro atoms. The summed E-state index contributed by atoms with van der Waals surface area (Å²) in [7, 11) is 1.53. The van der Waals surface area contributed by atoms with Crippen LogP contribution in [0.4, 0.5) is 0 Å². The number of nitrogens with one attached hydrogen (secondary N) is 3. The number of aromatic nitrogens is 2. The summed E-state index contributed by atoms with van der Waals surface area (Å²) in [6, 6.07) is 6.94. The average molecular weight is 344 g/mol. The molecule has 134 valence electrons. The van der Waals surface area contributed by atoms with Crippen molar-refractivity contribution in [3.05, 3.63) is 48.0 Å². The summed E-state index contributed by atoms with van der Waals surface area (Å²) in [5.74, 6) is 0.378. The highest BCUT2D eigenvalue weighted by Crippen LogP contribution is 2.19. The predicted molar refractivity (Wildman–Crippen MR) is 94.3 cm³/mol. The molecule has 1 aromatic heterocycles. The van der Waals surface area contributed by atoms with Crippen molar-refractivity contribution in [1.29, 1.82) is 0 Å². The highest BCUT2D eigenvalue weighted by Gasteiger charge is 2.21. The number of H-pyrrole nitrogens is 1. The zero-order valence-electron chi connectivity index (χ0n) is 14.7. The summed E-state index contributed by atoms with van der Waals surface area (Å²) in [6.07, 6.45) is 3.48. The Kier molecular flexibility index (Phi) is 6.56. The zero-order chi connectivity index (χ0) is 18.2. The minimum absolute atomic E-state index is 0.155. The van der Waals surface area contributed by atoms with E-state index in [0.29, 0.717) is 18.1 Å². The number of hydrogen-bond acceptors (Lipinski definition) is 4. The van der Waals surface area contributed by atoms with Crippen LogP contribution >= 0.6 is 0 Å². The molecule has 7 nitrogen and oxygen atoms in total. The Morgan fingerprint density at radius 1 is 1.32 bits per heavy atom. The van der Waals surface area contributed by atoms with Gasteiger partial charge in [-0.15, -0.1) is 0 Å². The van der Waals surface area contributed by atoms with Crippen LogP contribution < -0.4 is 15.4 Å². The van der Waals surface area contributed by atoms with Crippen molar-refractivity contribution >= 4 is 11.8 Å². The van der Waals surface area contributed by atoms with E-state index in [1.165, 1.54) is 13.4 Å². The van der Waals surface area contributed by atoms with Crippen molar-refractivity contribution < 1.29 is 14.3 Å². The molecule has 25 heavy (non-hydrogen) atoms. The maximum Gasteiger partial charge on any atom is 0.258 e. The minimum Gasteiger partial charge on any atom is -0.484 e. The molecule has 2 aromatic rings. The monoisotopic (exact) mass is 344 g/mol. The Morgan fingerprint density at radius 2 is 2.12 bits per heavy atom. The molecule has 7 heteroatoms. The van der Waals surface area contributed by atoms with Crippen molar-refractivity contribution in [2.24, 2.45) is 0 Å². The zero-order valence-corrected chi connectivity index (χ0v) is 14.7. The van der Waals surface area contributed by atoms with Gasteiger partial charge in [0.15, 0.2) is 6.61 Å². The van der Waals surface area contributed by atoms with Crippen LogP contribution in [-0.4, -0.2) is 41.5 Å². The number of ether oxygens (including phenoxy) is 1. The van der Waals surface area contributed by atoms with E-state index in [1.807, 2.05) is 18.2 Å². The molecule has 1 aromatic carbocycles. The van der Waals surface area contributed by atoms with Crippen molar-refractivity contribution in [2.75, 3.05) is 13.7 Å². The lowest BCUT2D eigenvalue weighted by Gasteiger charge is -2.17. The third-order valence-corrected chi connectivity index (χ3v) is 3.77. The highest BCUT2D eigenvalue weighted by atomic mass is 16.5. The molecule has 0 aliphatic rings. The van der Waals surface area contributed by atoms with Crippen molar-refractivity contribution in [3.63, 3.8) is 0 Å². The smallest absolute Gasteiger partial charge is 0.258 e. The molecule has 0 aliphatic heterocycles. The van der Waals surface area contributed by atoms with Gasteiger partial charge in [0, 0.05) is 25.4 Å². The lowest BCUT2D eigenvalue weighted by atomic mass is 10.0. The quantitative estimate of drug-likeness (QED) is 0.674. The number of rotatable bonds is 8. The van der Waals surface area contributed by atoms with Gasteiger partial charge in [0.25, 0.3) is 5.91 Å². The van der Waals surface area contributed by atoms with E-state index < -0.39 is 6.04 Å². The first kappa shape index (κ1) is 18.5. The molecule has 0 fully saturated rings. The van der Waals surface area contributed by atoms with Crippen molar-refractivity contribution in [1.82, 2.24) is 20.6 Å². The van der Waals surface area contributed by atoms with Crippen LogP contribution in [0, 0.1) is 0 Å². The maximum atomic E-state index is 12.2. The number of nitrogens with zero attached hydrogens (tertiary/aromatic N) is 1. The molecular formula is C18H24N4O3. The Morgan fingerprint density at radius 3 is 2.76 bits per heavy atom. The van der Waals surface area contributed by atoms with Crippen LogP contribution in [0.5, 0.6) is 5.75 Å². The third kappa shape index (κ3) is 5.63. The molecular weight excluding hydrogens is 320 g/mol. The van der Waals surface area contributed by atoms with Gasteiger partial charge in [-0.25, -0.2) is 4.98 Å². The number of imidazole rings is 1. The number of aromatic amines is 1. The predicted octanol–water partition coefficient (Wildman–Crippen LogP) is 1.39. The van der Waals surface area contributed by atoms with E-state index in [0.717, 1.165) is 11.3 Å². The number of likely N-dealkylation sites (N-methyl/N-ethyl adjacent to an activating group) is 1. The van der Waals surface area contributed by atoms with Gasteiger partial charge in [-0.05, 0) is 23.6 Å². The summed E-state index contributed by atoms with van der Waals surface area (Å²) < 4.78 is 5.54. The summed E-state index contributed by atoms with van der Waals surface area (Å²) in [6.45, 7) is 4.03. The molecule has 2 rings (SSSR count). The van der Waals surface area contributed by atoms with Crippen LogP contribution in [-0.2, 0) is 16.0 Å². The maximum absolute atomic E-state index is 12.2. The van der Waals surface area contributed by atoms with E-state index in [9.17, 15) is 9.59 Å².